The van der Waals surface area contributed by atoms with E-state index in [0.29, 0.717) is 5.56 Å². The van der Waals surface area contributed by atoms with Gasteiger partial charge in [-0.1, -0.05) is 0 Å². The summed E-state index contributed by atoms with van der Waals surface area (Å²) in [6.07, 6.45) is 1.10. The van der Waals surface area contributed by atoms with Crippen LogP contribution < -0.4 is 5.32 Å². The summed E-state index contributed by atoms with van der Waals surface area (Å²) >= 11 is 0.840. The minimum Gasteiger partial charge on any atom is -0.477 e. The first-order valence-corrected chi connectivity index (χ1v) is 8.49. The molecule has 0 atom stereocenters. The second-order valence-corrected chi connectivity index (χ2v) is 6.28. The van der Waals surface area contributed by atoms with E-state index < -0.39 is 23.8 Å². The highest BCUT2D eigenvalue weighted by molar-refractivity contribution is 7.18. The van der Waals surface area contributed by atoms with Gasteiger partial charge in [-0.3, -0.25) is 9.48 Å². The SMILES string of the molecule is CCOC(=O)c1sc(NC(=O)c2cnn(C)c2C(=O)O)c(C(=O)OC)c1C. The van der Waals surface area contributed by atoms with Gasteiger partial charge >= 0.3 is 17.9 Å². The molecule has 0 unspecified atom stereocenters. The lowest BCUT2D eigenvalue weighted by atomic mass is 10.1. The first-order chi connectivity index (χ1) is 12.7. The average molecular weight is 395 g/mol. The van der Waals surface area contributed by atoms with Crippen molar-refractivity contribution in [1.29, 1.82) is 0 Å². The summed E-state index contributed by atoms with van der Waals surface area (Å²) in [4.78, 5) is 48.2. The number of carboxylic acid groups (broad SMARTS) is 1. The number of thiophene rings is 1. The maximum absolute atomic E-state index is 12.5. The molecule has 0 aromatic carbocycles. The second kappa shape index (κ2) is 7.99. The minimum atomic E-state index is -1.33. The summed E-state index contributed by atoms with van der Waals surface area (Å²) in [5, 5.41) is 15.5. The summed E-state index contributed by atoms with van der Waals surface area (Å²) < 4.78 is 10.7. The highest BCUT2D eigenvalue weighted by Crippen LogP contribution is 2.34. The third-order valence-electron chi connectivity index (χ3n) is 3.61. The predicted octanol–water partition coefficient (Wildman–Crippen LogP) is 1.70. The van der Waals surface area contributed by atoms with Gasteiger partial charge in [-0.05, 0) is 19.4 Å². The first kappa shape index (κ1) is 20.1. The van der Waals surface area contributed by atoms with Crippen molar-refractivity contribution >= 4 is 40.2 Å². The van der Waals surface area contributed by atoms with E-state index in [0.717, 1.165) is 22.2 Å². The number of carbonyl (C=O) groups excluding carboxylic acids is 3. The van der Waals surface area contributed by atoms with Crippen LogP contribution in [0.1, 0.15) is 53.4 Å². The number of hydrogen-bond acceptors (Lipinski definition) is 8. The van der Waals surface area contributed by atoms with E-state index in [4.69, 9.17) is 9.47 Å². The zero-order valence-electron chi connectivity index (χ0n) is 15.0. The standard InChI is InChI=1S/C16H17N3O7S/c1-5-26-16(24)11-7(2)9(15(23)25-4)13(27-11)18-12(20)8-6-17-19(3)10(8)14(21)22/h6H,5H2,1-4H3,(H,18,20)(H,21,22). The Bertz CT molecular complexity index is 929. The monoisotopic (exact) mass is 395 g/mol. The molecule has 1 amide bonds. The van der Waals surface area contributed by atoms with Crippen molar-refractivity contribution in [2.24, 2.45) is 7.05 Å². The third-order valence-corrected chi connectivity index (χ3v) is 4.80. The lowest BCUT2D eigenvalue weighted by Crippen LogP contribution is -2.18. The number of hydrogen-bond donors (Lipinski definition) is 2. The summed E-state index contributed by atoms with van der Waals surface area (Å²) in [6.45, 7) is 3.31. The van der Waals surface area contributed by atoms with Crippen LogP contribution in [0, 0.1) is 6.92 Å². The van der Waals surface area contributed by atoms with Crippen molar-refractivity contribution < 1.29 is 33.8 Å². The van der Waals surface area contributed by atoms with E-state index >= 15 is 0 Å². The molecule has 0 aliphatic rings. The highest BCUT2D eigenvalue weighted by Gasteiger charge is 2.29. The first-order valence-electron chi connectivity index (χ1n) is 7.68. The number of carbonyl (C=O) groups is 4. The van der Waals surface area contributed by atoms with Crippen molar-refractivity contribution in [3.05, 3.63) is 33.5 Å². The van der Waals surface area contributed by atoms with Crippen LogP contribution in [0.4, 0.5) is 5.00 Å². The van der Waals surface area contributed by atoms with Crippen LogP contribution >= 0.6 is 11.3 Å². The number of rotatable bonds is 6. The van der Waals surface area contributed by atoms with E-state index in [-0.39, 0.29) is 33.3 Å². The van der Waals surface area contributed by atoms with Crippen molar-refractivity contribution in [3.63, 3.8) is 0 Å². The Kier molecular flexibility index (Phi) is 5.95. The molecule has 144 valence electrons. The number of nitrogens with one attached hydrogen (secondary N) is 1. The molecule has 0 bridgehead atoms. The van der Waals surface area contributed by atoms with Gasteiger partial charge in [0.15, 0.2) is 5.69 Å². The van der Waals surface area contributed by atoms with Gasteiger partial charge in [-0.2, -0.15) is 5.10 Å². The summed E-state index contributed by atoms with van der Waals surface area (Å²) in [5.41, 5.74) is -0.208. The van der Waals surface area contributed by atoms with Gasteiger partial charge in [-0.15, -0.1) is 11.3 Å². The van der Waals surface area contributed by atoms with Crippen LogP contribution in [0.15, 0.2) is 6.20 Å². The number of aromatic carboxylic acids is 1. The maximum Gasteiger partial charge on any atom is 0.354 e. The smallest absolute Gasteiger partial charge is 0.354 e. The van der Waals surface area contributed by atoms with Gasteiger partial charge in [0.1, 0.15) is 9.88 Å². The number of anilines is 1. The number of amides is 1. The fraction of sp³-hybridized carbons (Fsp3) is 0.312. The molecule has 2 N–H and O–H groups in total. The minimum absolute atomic E-state index is 0.000307. The highest BCUT2D eigenvalue weighted by atomic mass is 32.1. The predicted molar refractivity (Wildman–Crippen MR) is 94.5 cm³/mol. The Morgan fingerprint density at radius 2 is 1.96 bits per heavy atom. The van der Waals surface area contributed by atoms with Gasteiger partial charge in [0.05, 0.1) is 31.0 Å². The van der Waals surface area contributed by atoms with Crippen LogP contribution in [0.25, 0.3) is 0 Å². The molecular weight excluding hydrogens is 378 g/mol. The number of aryl methyl sites for hydroxylation is 1. The average Bonchev–Trinajstić information content (AvgIpc) is 3.15. The number of aromatic nitrogens is 2. The van der Waals surface area contributed by atoms with Gasteiger partial charge < -0.3 is 19.9 Å². The topological polar surface area (TPSA) is 137 Å². The zero-order chi connectivity index (χ0) is 20.3. The Balaban J connectivity index is 2.47. The molecule has 0 saturated carbocycles. The molecule has 27 heavy (non-hydrogen) atoms. The number of esters is 2. The summed E-state index contributed by atoms with van der Waals surface area (Å²) in [5.74, 6) is -3.51. The van der Waals surface area contributed by atoms with Crippen LogP contribution in [-0.2, 0) is 16.5 Å². The fourth-order valence-electron chi connectivity index (χ4n) is 2.37. The number of carboxylic acids is 1. The molecule has 2 aromatic heterocycles. The van der Waals surface area contributed by atoms with Gasteiger partial charge in [-0.25, -0.2) is 14.4 Å². The van der Waals surface area contributed by atoms with E-state index in [1.165, 1.54) is 21.1 Å². The van der Waals surface area contributed by atoms with E-state index in [1.807, 2.05) is 0 Å². The molecule has 0 spiro atoms. The van der Waals surface area contributed by atoms with Crippen molar-refractivity contribution in [3.8, 4) is 0 Å². The fourth-order valence-corrected chi connectivity index (χ4v) is 3.45. The van der Waals surface area contributed by atoms with Crippen LogP contribution in [0.3, 0.4) is 0 Å². The largest absolute Gasteiger partial charge is 0.477 e. The number of ether oxygens (including phenoxy) is 2. The molecule has 2 rings (SSSR count). The van der Waals surface area contributed by atoms with E-state index in [2.05, 4.69) is 10.4 Å². The Morgan fingerprint density at radius 3 is 2.52 bits per heavy atom. The molecule has 0 fully saturated rings. The molecule has 11 heteroatoms. The van der Waals surface area contributed by atoms with Crippen molar-refractivity contribution in [1.82, 2.24) is 9.78 Å². The van der Waals surface area contributed by atoms with Gasteiger partial charge in [0, 0.05) is 7.05 Å². The molecule has 10 nitrogen and oxygen atoms in total. The number of methoxy groups -OCH3 is 1. The zero-order valence-corrected chi connectivity index (χ0v) is 15.8. The number of nitrogens with zero attached hydrogens (tertiary/aromatic N) is 2. The molecule has 0 radical (unpaired) electrons. The van der Waals surface area contributed by atoms with Gasteiger partial charge in [0.2, 0.25) is 0 Å². The lowest BCUT2D eigenvalue weighted by molar-refractivity contribution is 0.0530. The Labute approximate surface area is 157 Å². The van der Waals surface area contributed by atoms with Gasteiger partial charge in [0.25, 0.3) is 5.91 Å². The maximum atomic E-state index is 12.5. The molecular formula is C16H17N3O7S. The third kappa shape index (κ3) is 3.82. The van der Waals surface area contributed by atoms with E-state index in [9.17, 15) is 24.3 Å². The van der Waals surface area contributed by atoms with Crippen LogP contribution in [0.5, 0.6) is 0 Å². The molecule has 2 heterocycles. The summed E-state index contributed by atoms with van der Waals surface area (Å²) in [6, 6.07) is 0. The molecule has 0 saturated heterocycles. The summed E-state index contributed by atoms with van der Waals surface area (Å²) in [7, 11) is 2.55. The van der Waals surface area contributed by atoms with Crippen molar-refractivity contribution in [2.45, 2.75) is 13.8 Å². The van der Waals surface area contributed by atoms with Crippen LogP contribution in [0.2, 0.25) is 0 Å². The molecule has 0 aliphatic carbocycles. The normalized spacial score (nSPS) is 10.4. The van der Waals surface area contributed by atoms with Crippen LogP contribution in [-0.4, -0.2) is 52.4 Å². The quantitative estimate of drug-likeness (QED) is 0.705. The Morgan fingerprint density at radius 1 is 1.30 bits per heavy atom. The molecule has 2 aromatic rings. The Hall–Kier alpha value is -3.21. The van der Waals surface area contributed by atoms with E-state index in [1.54, 1.807) is 6.92 Å². The molecule has 0 aliphatic heterocycles. The second-order valence-electron chi connectivity index (χ2n) is 5.26. The van der Waals surface area contributed by atoms with Crippen molar-refractivity contribution in [2.75, 3.05) is 19.0 Å². The lowest BCUT2D eigenvalue weighted by Gasteiger charge is -2.06.